The van der Waals surface area contributed by atoms with E-state index in [1.165, 1.54) is 32.1 Å². The van der Waals surface area contributed by atoms with Crippen molar-refractivity contribution in [2.24, 2.45) is 0 Å². The van der Waals surface area contributed by atoms with E-state index in [9.17, 15) is 4.79 Å². The van der Waals surface area contributed by atoms with Crippen molar-refractivity contribution in [3.63, 3.8) is 0 Å². The van der Waals surface area contributed by atoms with Gasteiger partial charge in [-0.2, -0.15) is 0 Å². The lowest BCUT2D eigenvalue weighted by Crippen LogP contribution is -1.86. The summed E-state index contributed by atoms with van der Waals surface area (Å²) in [5.74, 6) is 0. The minimum atomic E-state index is -0.191. The molecule has 0 unspecified atom stereocenters. The molecule has 0 heterocycles. The van der Waals surface area contributed by atoms with Gasteiger partial charge >= 0.3 is 0 Å². The first-order chi connectivity index (χ1) is 8.77. The largest absolute Gasteiger partial charge is 0.281 e. The summed E-state index contributed by atoms with van der Waals surface area (Å²) in [7, 11) is 0. The highest BCUT2D eigenvalue weighted by Crippen LogP contribution is 2.08. The fraction of sp³-hybridized carbons (Fsp3) is 0.562. The molecule has 0 saturated carbocycles. The van der Waals surface area contributed by atoms with E-state index in [0.717, 1.165) is 12.8 Å². The van der Waals surface area contributed by atoms with Crippen LogP contribution in [0.2, 0.25) is 0 Å². The second-order valence-corrected chi connectivity index (χ2v) is 4.80. The van der Waals surface area contributed by atoms with Gasteiger partial charge in [0, 0.05) is 6.42 Å². The van der Waals surface area contributed by atoms with Crippen molar-refractivity contribution in [2.45, 2.75) is 58.3 Å². The van der Waals surface area contributed by atoms with Crippen LogP contribution in [0.4, 0.5) is 0 Å². The number of halogens is 1. The van der Waals surface area contributed by atoms with Crippen LogP contribution < -0.4 is 0 Å². The molecule has 0 bridgehead atoms. The van der Waals surface area contributed by atoms with E-state index in [2.05, 4.69) is 6.92 Å². The Labute approximate surface area is 117 Å². The highest BCUT2D eigenvalue weighted by atomic mass is 35.5. The van der Waals surface area contributed by atoms with Gasteiger partial charge in [-0.25, -0.2) is 0 Å². The predicted octanol–water partition coefficient (Wildman–Crippen LogP) is 5.58. The third kappa shape index (κ3) is 15.2. The van der Waals surface area contributed by atoms with Crippen LogP contribution in [0.5, 0.6) is 0 Å². The Bertz CT molecular complexity index is 245. The topological polar surface area (TPSA) is 17.1 Å². The number of hydrogen-bond donors (Lipinski definition) is 0. The van der Waals surface area contributed by atoms with Crippen molar-refractivity contribution in [3.05, 3.63) is 36.4 Å². The van der Waals surface area contributed by atoms with Crippen LogP contribution >= 0.6 is 11.6 Å². The summed E-state index contributed by atoms with van der Waals surface area (Å²) in [5, 5.41) is -0.191. The Morgan fingerprint density at radius 2 is 1.17 bits per heavy atom. The van der Waals surface area contributed by atoms with Crippen molar-refractivity contribution in [1.29, 1.82) is 0 Å². The van der Waals surface area contributed by atoms with E-state index in [1.807, 2.05) is 36.4 Å². The van der Waals surface area contributed by atoms with E-state index in [0.29, 0.717) is 6.42 Å². The van der Waals surface area contributed by atoms with Crippen molar-refractivity contribution >= 4 is 16.8 Å². The molecular weight excluding hydrogens is 244 g/mol. The van der Waals surface area contributed by atoms with Gasteiger partial charge in [0.25, 0.3) is 0 Å². The number of carbonyl (C=O) groups excluding carboxylic acids is 1. The van der Waals surface area contributed by atoms with Crippen molar-refractivity contribution in [2.75, 3.05) is 0 Å². The van der Waals surface area contributed by atoms with Crippen LogP contribution in [-0.4, -0.2) is 5.24 Å². The molecule has 102 valence electrons. The van der Waals surface area contributed by atoms with Crippen LogP contribution in [0.25, 0.3) is 0 Å². The first-order valence-corrected chi connectivity index (χ1v) is 7.33. The zero-order chi connectivity index (χ0) is 13.5. The quantitative estimate of drug-likeness (QED) is 0.444. The lowest BCUT2D eigenvalue weighted by atomic mass is 10.1. The van der Waals surface area contributed by atoms with E-state index in [4.69, 9.17) is 11.6 Å². The summed E-state index contributed by atoms with van der Waals surface area (Å²) in [4.78, 5) is 10.3. The minimum absolute atomic E-state index is 0.191. The summed E-state index contributed by atoms with van der Waals surface area (Å²) >= 11 is 5.20. The number of rotatable bonds is 8. The molecular formula is C16H25ClO. The highest BCUT2D eigenvalue weighted by molar-refractivity contribution is 6.63. The van der Waals surface area contributed by atoms with Gasteiger partial charge in [0.2, 0.25) is 5.24 Å². The average Bonchev–Trinajstić information content (AvgIpc) is 2.40. The van der Waals surface area contributed by atoms with Crippen LogP contribution in [0.3, 0.4) is 0 Å². The second-order valence-electron chi connectivity index (χ2n) is 4.38. The predicted molar refractivity (Wildman–Crippen MR) is 79.9 cm³/mol. The Hall–Kier alpha value is -0.820. The van der Waals surface area contributed by atoms with Crippen molar-refractivity contribution in [1.82, 2.24) is 0 Å². The van der Waals surface area contributed by atoms with Crippen molar-refractivity contribution in [3.8, 4) is 0 Å². The summed E-state index contributed by atoms with van der Waals surface area (Å²) in [6.07, 6.45) is 9.21. The number of benzene rings is 1. The lowest BCUT2D eigenvalue weighted by molar-refractivity contribution is -0.111. The molecule has 0 aliphatic carbocycles. The summed E-state index contributed by atoms with van der Waals surface area (Å²) in [5.41, 5.74) is 0. The zero-order valence-electron chi connectivity index (χ0n) is 11.4. The molecule has 1 aromatic rings. The van der Waals surface area contributed by atoms with Crippen LogP contribution in [0, 0.1) is 0 Å². The molecule has 0 amide bonds. The Balaban J connectivity index is 0.000000397. The smallest absolute Gasteiger partial charge is 0.221 e. The Morgan fingerprint density at radius 1 is 0.778 bits per heavy atom. The van der Waals surface area contributed by atoms with E-state index < -0.39 is 0 Å². The molecule has 1 aromatic carbocycles. The molecule has 18 heavy (non-hydrogen) atoms. The number of unbranched alkanes of at least 4 members (excludes halogenated alkanes) is 6. The fourth-order valence-corrected chi connectivity index (χ4v) is 1.74. The second kappa shape index (κ2) is 14.2. The van der Waals surface area contributed by atoms with Gasteiger partial charge in [0.05, 0.1) is 0 Å². The van der Waals surface area contributed by atoms with Gasteiger partial charge < -0.3 is 0 Å². The third-order valence-electron chi connectivity index (χ3n) is 2.64. The molecule has 0 fully saturated rings. The maximum Gasteiger partial charge on any atom is 0.221 e. The minimum Gasteiger partial charge on any atom is -0.281 e. The Morgan fingerprint density at radius 3 is 1.56 bits per heavy atom. The summed E-state index contributed by atoms with van der Waals surface area (Å²) in [6, 6.07) is 12.0. The van der Waals surface area contributed by atoms with Gasteiger partial charge in [-0.3, -0.25) is 4.79 Å². The molecule has 0 atom stereocenters. The van der Waals surface area contributed by atoms with Gasteiger partial charge in [0.1, 0.15) is 0 Å². The van der Waals surface area contributed by atoms with Gasteiger partial charge in [-0.1, -0.05) is 81.8 Å². The number of carbonyl (C=O) groups is 1. The SMILES string of the molecule is CCCCCCCCCC(=O)Cl.c1ccccc1. The molecule has 0 saturated heterocycles. The maximum absolute atomic E-state index is 10.3. The molecule has 0 aliphatic heterocycles. The average molecular weight is 269 g/mol. The van der Waals surface area contributed by atoms with Crippen LogP contribution in [-0.2, 0) is 4.79 Å². The third-order valence-corrected chi connectivity index (χ3v) is 2.83. The first kappa shape index (κ1) is 17.2. The summed E-state index contributed by atoms with van der Waals surface area (Å²) in [6.45, 7) is 2.21. The normalized spacial score (nSPS) is 9.44. The van der Waals surface area contributed by atoms with Crippen LogP contribution in [0.15, 0.2) is 36.4 Å². The highest BCUT2D eigenvalue weighted by Gasteiger charge is 1.95. The number of hydrogen-bond acceptors (Lipinski definition) is 1. The summed E-state index contributed by atoms with van der Waals surface area (Å²) < 4.78 is 0. The van der Waals surface area contributed by atoms with Gasteiger partial charge in [-0.15, -0.1) is 0 Å². The van der Waals surface area contributed by atoms with E-state index >= 15 is 0 Å². The Kier molecular flexibility index (Phi) is 13.6. The molecule has 0 aliphatic rings. The molecule has 0 aromatic heterocycles. The molecule has 0 N–H and O–H groups in total. The maximum atomic E-state index is 10.3. The van der Waals surface area contributed by atoms with Crippen LogP contribution in [0.1, 0.15) is 58.3 Å². The van der Waals surface area contributed by atoms with E-state index in [-0.39, 0.29) is 5.24 Å². The van der Waals surface area contributed by atoms with E-state index in [1.54, 1.807) is 0 Å². The molecule has 0 radical (unpaired) electrons. The fourth-order valence-electron chi connectivity index (χ4n) is 1.61. The standard InChI is InChI=1S/C10H19ClO.C6H6/c1-2-3-4-5-6-7-8-9-10(11)12;1-2-4-6-5-3-1/h2-9H2,1H3;1-6H. The molecule has 2 heteroatoms. The lowest BCUT2D eigenvalue weighted by Gasteiger charge is -1.98. The van der Waals surface area contributed by atoms with Gasteiger partial charge in [0.15, 0.2) is 0 Å². The zero-order valence-corrected chi connectivity index (χ0v) is 12.2. The monoisotopic (exact) mass is 268 g/mol. The van der Waals surface area contributed by atoms with Gasteiger partial charge in [-0.05, 0) is 18.0 Å². The van der Waals surface area contributed by atoms with Crippen molar-refractivity contribution < 1.29 is 4.79 Å². The molecule has 1 nitrogen and oxygen atoms in total. The molecule has 1 rings (SSSR count). The first-order valence-electron chi connectivity index (χ1n) is 6.95. The molecule has 0 spiro atoms.